The highest BCUT2D eigenvalue weighted by Crippen LogP contribution is 2.31. The number of para-hydroxylation sites is 3. The zero-order valence-electron chi connectivity index (χ0n) is 13.7. The van der Waals surface area contributed by atoms with Crippen LogP contribution in [-0.4, -0.2) is 19.5 Å². The Hall–Kier alpha value is -3.24. The molecule has 5 rings (SSSR count). The molecule has 0 fully saturated rings. The van der Waals surface area contributed by atoms with Crippen LogP contribution < -0.4 is 0 Å². The molecule has 4 nitrogen and oxygen atoms in total. The standard InChI is InChI=1S/C21H13ClN4/c22-15-10-4-7-13-18(15)26-20(14-8-2-1-3-9-14)25-19-21(26)24-17-12-6-5-11-16(17)23-19/h1-13H. The van der Waals surface area contributed by atoms with E-state index in [1.807, 2.05) is 83.4 Å². The summed E-state index contributed by atoms with van der Waals surface area (Å²) in [7, 11) is 0. The van der Waals surface area contributed by atoms with E-state index in [4.69, 9.17) is 26.6 Å². The van der Waals surface area contributed by atoms with Crippen molar-refractivity contribution in [1.29, 1.82) is 0 Å². The van der Waals surface area contributed by atoms with Gasteiger partial charge in [-0.1, -0.05) is 66.2 Å². The van der Waals surface area contributed by atoms with Gasteiger partial charge in [-0.05, 0) is 24.3 Å². The number of fused-ring (bicyclic) bond motifs is 2. The molecule has 26 heavy (non-hydrogen) atoms. The number of halogens is 1. The van der Waals surface area contributed by atoms with Crippen molar-refractivity contribution in [2.24, 2.45) is 0 Å². The maximum absolute atomic E-state index is 6.50. The predicted octanol–water partition coefficient (Wildman–Crippen LogP) is 5.29. The van der Waals surface area contributed by atoms with E-state index in [9.17, 15) is 0 Å². The first-order valence-electron chi connectivity index (χ1n) is 8.27. The summed E-state index contributed by atoms with van der Waals surface area (Å²) in [5, 5.41) is 0.638. The summed E-state index contributed by atoms with van der Waals surface area (Å²) < 4.78 is 1.98. The van der Waals surface area contributed by atoms with Crippen LogP contribution in [0.2, 0.25) is 5.02 Å². The third-order valence-electron chi connectivity index (χ3n) is 4.30. The van der Waals surface area contributed by atoms with Crippen LogP contribution in [0.5, 0.6) is 0 Å². The molecule has 0 spiro atoms. The van der Waals surface area contributed by atoms with Crippen molar-refractivity contribution in [3.63, 3.8) is 0 Å². The lowest BCUT2D eigenvalue weighted by Crippen LogP contribution is -2.00. The number of hydrogen-bond donors (Lipinski definition) is 0. The number of nitrogens with zero attached hydrogens (tertiary/aromatic N) is 4. The van der Waals surface area contributed by atoms with Gasteiger partial charge < -0.3 is 0 Å². The smallest absolute Gasteiger partial charge is 0.199 e. The van der Waals surface area contributed by atoms with E-state index in [2.05, 4.69) is 0 Å². The van der Waals surface area contributed by atoms with Gasteiger partial charge in [-0.2, -0.15) is 0 Å². The Morgan fingerprint density at radius 1 is 0.654 bits per heavy atom. The van der Waals surface area contributed by atoms with Crippen molar-refractivity contribution in [3.8, 4) is 17.1 Å². The topological polar surface area (TPSA) is 43.6 Å². The van der Waals surface area contributed by atoms with Crippen molar-refractivity contribution in [2.45, 2.75) is 0 Å². The summed E-state index contributed by atoms with van der Waals surface area (Å²) in [5.74, 6) is 0.768. The van der Waals surface area contributed by atoms with Crippen molar-refractivity contribution >= 4 is 33.9 Å². The summed E-state index contributed by atoms with van der Waals surface area (Å²) >= 11 is 6.50. The van der Waals surface area contributed by atoms with Crippen LogP contribution in [0.1, 0.15) is 0 Å². The molecular formula is C21H13ClN4. The molecule has 0 bridgehead atoms. The van der Waals surface area contributed by atoms with E-state index in [0.717, 1.165) is 28.1 Å². The molecule has 2 heterocycles. The summed E-state index contributed by atoms with van der Waals surface area (Å²) in [4.78, 5) is 14.3. The lowest BCUT2D eigenvalue weighted by Gasteiger charge is -2.10. The molecule has 5 aromatic rings. The van der Waals surface area contributed by atoms with Gasteiger partial charge in [0.05, 0.1) is 21.7 Å². The van der Waals surface area contributed by atoms with Gasteiger partial charge in [0.25, 0.3) is 0 Å². The van der Waals surface area contributed by atoms with Crippen LogP contribution in [0, 0.1) is 0 Å². The Labute approximate surface area is 154 Å². The Kier molecular flexibility index (Phi) is 3.43. The summed E-state index contributed by atoms with van der Waals surface area (Å²) in [6.45, 7) is 0. The molecule has 0 N–H and O–H groups in total. The second-order valence-electron chi connectivity index (χ2n) is 5.95. The molecule has 0 aliphatic heterocycles. The first-order chi connectivity index (χ1) is 12.8. The van der Waals surface area contributed by atoms with Crippen molar-refractivity contribution in [3.05, 3.63) is 83.9 Å². The molecule has 0 aliphatic rings. The maximum Gasteiger partial charge on any atom is 0.199 e. The molecule has 0 atom stereocenters. The fraction of sp³-hybridized carbons (Fsp3) is 0. The summed E-state index contributed by atoms with van der Waals surface area (Å²) in [6, 6.07) is 25.5. The molecule has 0 saturated carbocycles. The maximum atomic E-state index is 6.50. The van der Waals surface area contributed by atoms with Gasteiger partial charge in [-0.15, -0.1) is 0 Å². The second-order valence-corrected chi connectivity index (χ2v) is 6.35. The number of hydrogen-bond acceptors (Lipinski definition) is 3. The van der Waals surface area contributed by atoms with Crippen LogP contribution in [0.15, 0.2) is 78.9 Å². The lowest BCUT2D eigenvalue weighted by molar-refractivity contribution is 1.08. The van der Waals surface area contributed by atoms with Crippen LogP contribution >= 0.6 is 11.6 Å². The van der Waals surface area contributed by atoms with Gasteiger partial charge in [-0.3, -0.25) is 4.57 Å². The first-order valence-corrected chi connectivity index (χ1v) is 8.64. The zero-order valence-corrected chi connectivity index (χ0v) is 14.4. The van der Waals surface area contributed by atoms with Gasteiger partial charge in [-0.25, -0.2) is 15.0 Å². The molecule has 3 aromatic carbocycles. The van der Waals surface area contributed by atoms with Crippen LogP contribution in [0.25, 0.3) is 39.4 Å². The fourth-order valence-electron chi connectivity index (χ4n) is 3.10. The second kappa shape index (κ2) is 5.93. The Balaban J connectivity index is 1.92. The predicted molar refractivity (Wildman–Crippen MR) is 105 cm³/mol. The highest BCUT2D eigenvalue weighted by Gasteiger charge is 2.18. The average molecular weight is 357 g/mol. The summed E-state index contributed by atoms with van der Waals surface area (Å²) in [6.07, 6.45) is 0. The molecular weight excluding hydrogens is 344 g/mol. The highest BCUT2D eigenvalue weighted by molar-refractivity contribution is 6.32. The molecule has 0 radical (unpaired) electrons. The van der Waals surface area contributed by atoms with Crippen molar-refractivity contribution in [2.75, 3.05) is 0 Å². The Bertz CT molecular complexity index is 1250. The van der Waals surface area contributed by atoms with Crippen LogP contribution in [0.4, 0.5) is 0 Å². The van der Waals surface area contributed by atoms with Gasteiger partial charge in [0.1, 0.15) is 5.82 Å². The minimum absolute atomic E-state index is 0.600. The van der Waals surface area contributed by atoms with Gasteiger partial charge >= 0.3 is 0 Å². The molecule has 2 aromatic heterocycles. The lowest BCUT2D eigenvalue weighted by atomic mass is 10.2. The Morgan fingerprint density at radius 2 is 1.31 bits per heavy atom. The zero-order chi connectivity index (χ0) is 17.5. The fourth-order valence-corrected chi connectivity index (χ4v) is 3.32. The van der Waals surface area contributed by atoms with Crippen LogP contribution in [0.3, 0.4) is 0 Å². The number of rotatable bonds is 2. The Morgan fingerprint density at radius 3 is 2.08 bits per heavy atom. The van der Waals surface area contributed by atoms with Gasteiger partial charge in [0.2, 0.25) is 0 Å². The third kappa shape index (κ3) is 2.35. The highest BCUT2D eigenvalue weighted by atomic mass is 35.5. The molecule has 0 saturated heterocycles. The molecule has 0 amide bonds. The van der Waals surface area contributed by atoms with E-state index in [1.165, 1.54) is 0 Å². The van der Waals surface area contributed by atoms with E-state index >= 15 is 0 Å². The average Bonchev–Trinajstić information content (AvgIpc) is 3.05. The monoisotopic (exact) mass is 356 g/mol. The van der Waals surface area contributed by atoms with E-state index in [-0.39, 0.29) is 0 Å². The SMILES string of the molecule is Clc1ccccc1-n1c(-c2ccccc2)nc2nc3ccccc3nc21. The third-order valence-corrected chi connectivity index (χ3v) is 4.61. The van der Waals surface area contributed by atoms with Crippen LogP contribution in [-0.2, 0) is 0 Å². The number of imidazole rings is 1. The van der Waals surface area contributed by atoms with E-state index in [1.54, 1.807) is 0 Å². The molecule has 5 heteroatoms. The minimum atomic E-state index is 0.600. The van der Waals surface area contributed by atoms with Gasteiger partial charge in [0.15, 0.2) is 11.3 Å². The largest absolute Gasteiger partial charge is 0.274 e. The van der Waals surface area contributed by atoms with Gasteiger partial charge in [0, 0.05) is 5.56 Å². The number of benzene rings is 3. The molecule has 124 valence electrons. The normalized spacial score (nSPS) is 11.3. The minimum Gasteiger partial charge on any atom is -0.274 e. The van der Waals surface area contributed by atoms with Crippen molar-refractivity contribution in [1.82, 2.24) is 19.5 Å². The molecule has 0 unspecified atom stereocenters. The number of aromatic nitrogens is 4. The summed E-state index contributed by atoms with van der Waals surface area (Å²) in [5.41, 5.74) is 4.76. The first kappa shape index (κ1) is 15.0. The van der Waals surface area contributed by atoms with Crippen molar-refractivity contribution < 1.29 is 0 Å². The quantitative estimate of drug-likeness (QED) is 0.431. The molecule has 0 aliphatic carbocycles. The van der Waals surface area contributed by atoms with E-state index < -0.39 is 0 Å². The van der Waals surface area contributed by atoms with E-state index in [0.29, 0.717) is 16.3 Å².